The van der Waals surface area contributed by atoms with Crippen LogP contribution in [0.1, 0.15) is 40.9 Å². The summed E-state index contributed by atoms with van der Waals surface area (Å²) in [5.41, 5.74) is 6.75. The first kappa shape index (κ1) is 19.9. The molecule has 3 rings (SSSR count). The third-order valence-electron chi connectivity index (χ3n) is 4.85. The Morgan fingerprint density at radius 1 is 0.821 bits per heavy atom. The number of rotatable bonds is 6. The molecular weight excluding hydrogens is 342 g/mol. The van der Waals surface area contributed by atoms with E-state index in [1.807, 2.05) is 36.1 Å². The molecule has 3 aromatic rings. The fourth-order valence-corrected chi connectivity index (χ4v) is 3.39. The molecule has 0 N–H and O–H groups in total. The van der Waals surface area contributed by atoms with Crippen molar-refractivity contribution in [3.8, 4) is 11.1 Å². The number of amides is 1. The number of hydrogen-bond acceptors (Lipinski definition) is 1. The van der Waals surface area contributed by atoms with E-state index in [0.717, 1.165) is 17.7 Å². The van der Waals surface area contributed by atoms with Gasteiger partial charge in [0.1, 0.15) is 0 Å². The molecule has 0 unspecified atom stereocenters. The standard InChI is InChI=1S/C26H29NO/c1-19(2)17-27(26(28)24-12-8-20(3)9-13-24)18-22-10-14-23(15-11-22)25-7-5-6-21(4)16-25/h5-16,19H,17-18H2,1-4H3. The number of nitrogens with zero attached hydrogens (tertiary/aromatic N) is 1. The van der Waals surface area contributed by atoms with Crippen LogP contribution in [-0.2, 0) is 6.54 Å². The van der Waals surface area contributed by atoms with Crippen LogP contribution in [0.3, 0.4) is 0 Å². The van der Waals surface area contributed by atoms with Crippen LogP contribution in [0.25, 0.3) is 11.1 Å². The molecule has 0 heterocycles. The Bertz CT molecular complexity index is 923. The minimum Gasteiger partial charge on any atom is -0.334 e. The highest BCUT2D eigenvalue weighted by Gasteiger charge is 2.17. The molecule has 2 heteroatoms. The van der Waals surface area contributed by atoms with E-state index in [-0.39, 0.29) is 5.91 Å². The summed E-state index contributed by atoms with van der Waals surface area (Å²) in [5.74, 6) is 0.512. The van der Waals surface area contributed by atoms with Gasteiger partial charge in [0, 0.05) is 18.7 Å². The van der Waals surface area contributed by atoms with E-state index in [4.69, 9.17) is 0 Å². The lowest BCUT2D eigenvalue weighted by atomic mass is 10.0. The van der Waals surface area contributed by atoms with Crippen molar-refractivity contribution in [2.24, 2.45) is 5.92 Å². The van der Waals surface area contributed by atoms with Crippen LogP contribution in [0.15, 0.2) is 72.8 Å². The highest BCUT2D eigenvalue weighted by molar-refractivity contribution is 5.94. The zero-order chi connectivity index (χ0) is 20.1. The maximum absolute atomic E-state index is 13.0. The molecule has 0 spiro atoms. The Labute approximate surface area is 168 Å². The van der Waals surface area contributed by atoms with Crippen molar-refractivity contribution in [1.29, 1.82) is 0 Å². The normalized spacial score (nSPS) is 10.9. The maximum atomic E-state index is 13.0. The van der Waals surface area contributed by atoms with Gasteiger partial charge >= 0.3 is 0 Å². The van der Waals surface area contributed by atoms with Crippen LogP contribution >= 0.6 is 0 Å². The van der Waals surface area contributed by atoms with Gasteiger partial charge in [-0.1, -0.05) is 85.6 Å². The van der Waals surface area contributed by atoms with Gasteiger partial charge in [-0.25, -0.2) is 0 Å². The maximum Gasteiger partial charge on any atom is 0.254 e. The fraction of sp³-hybridized carbons (Fsp3) is 0.269. The summed E-state index contributed by atoms with van der Waals surface area (Å²) in [6, 6.07) is 24.9. The van der Waals surface area contributed by atoms with Crippen molar-refractivity contribution in [3.05, 3.63) is 95.1 Å². The molecule has 0 atom stereocenters. The van der Waals surface area contributed by atoms with E-state index >= 15 is 0 Å². The van der Waals surface area contributed by atoms with Gasteiger partial charge in [-0.2, -0.15) is 0 Å². The van der Waals surface area contributed by atoms with Crippen LogP contribution in [-0.4, -0.2) is 17.4 Å². The van der Waals surface area contributed by atoms with Crippen molar-refractivity contribution >= 4 is 5.91 Å². The van der Waals surface area contributed by atoms with Crippen LogP contribution in [0, 0.1) is 19.8 Å². The van der Waals surface area contributed by atoms with Gasteiger partial charge < -0.3 is 4.90 Å². The molecule has 0 bridgehead atoms. The predicted molar refractivity (Wildman–Crippen MR) is 117 cm³/mol. The number of carbonyl (C=O) groups is 1. The largest absolute Gasteiger partial charge is 0.334 e. The Balaban J connectivity index is 1.79. The van der Waals surface area contributed by atoms with E-state index < -0.39 is 0 Å². The first-order valence-electron chi connectivity index (χ1n) is 9.94. The average Bonchev–Trinajstić information content (AvgIpc) is 2.68. The molecule has 3 aromatic carbocycles. The van der Waals surface area contributed by atoms with Gasteiger partial charge in [0.2, 0.25) is 0 Å². The van der Waals surface area contributed by atoms with E-state index in [9.17, 15) is 4.79 Å². The van der Waals surface area contributed by atoms with Crippen molar-refractivity contribution in [2.75, 3.05) is 6.54 Å². The molecule has 1 amide bonds. The highest BCUT2D eigenvalue weighted by Crippen LogP contribution is 2.22. The molecule has 0 aromatic heterocycles. The summed E-state index contributed by atoms with van der Waals surface area (Å²) < 4.78 is 0. The third-order valence-corrected chi connectivity index (χ3v) is 4.85. The Morgan fingerprint density at radius 3 is 2.11 bits per heavy atom. The summed E-state index contributed by atoms with van der Waals surface area (Å²) in [6.45, 7) is 9.81. The molecule has 0 radical (unpaired) electrons. The average molecular weight is 372 g/mol. The van der Waals surface area contributed by atoms with E-state index in [1.54, 1.807) is 0 Å². The molecule has 0 saturated heterocycles. The van der Waals surface area contributed by atoms with Gasteiger partial charge in [-0.05, 0) is 48.6 Å². The smallest absolute Gasteiger partial charge is 0.254 e. The number of benzene rings is 3. The molecule has 0 fully saturated rings. The van der Waals surface area contributed by atoms with Crippen molar-refractivity contribution < 1.29 is 4.79 Å². The second-order valence-corrected chi connectivity index (χ2v) is 8.01. The second-order valence-electron chi connectivity index (χ2n) is 8.01. The Hall–Kier alpha value is -2.87. The van der Waals surface area contributed by atoms with Crippen LogP contribution < -0.4 is 0 Å². The van der Waals surface area contributed by atoms with E-state index in [2.05, 4.69) is 69.3 Å². The zero-order valence-electron chi connectivity index (χ0n) is 17.3. The zero-order valence-corrected chi connectivity index (χ0v) is 17.3. The van der Waals surface area contributed by atoms with Gasteiger partial charge in [-0.15, -0.1) is 0 Å². The first-order chi connectivity index (χ1) is 13.4. The lowest BCUT2D eigenvalue weighted by Gasteiger charge is -2.25. The van der Waals surface area contributed by atoms with Gasteiger partial charge in [-0.3, -0.25) is 4.79 Å². The third kappa shape index (κ3) is 5.10. The summed E-state index contributed by atoms with van der Waals surface area (Å²) in [7, 11) is 0. The van der Waals surface area contributed by atoms with Gasteiger partial charge in [0.15, 0.2) is 0 Å². The Kier molecular flexibility index (Phi) is 6.30. The highest BCUT2D eigenvalue weighted by atomic mass is 16.2. The van der Waals surface area contributed by atoms with E-state index in [0.29, 0.717) is 12.5 Å². The number of aryl methyl sites for hydroxylation is 2. The first-order valence-corrected chi connectivity index (χ1v) is 9.94. The molecule has 0 aliphatic carbocycles. The molecule has 144 valence electrons. The van der Waals surface area contributed by atoms with Gasteiger partial charge in [0.25, 0.3) is 5.91 Å². The summed E-state index contributed by atoms with van der Waals surface area (Å²) in [4.78, 5) is 15.0. The summed E-state index contributed by atoms with van der Waals surface area (Å²) in [5, 5.41) is 0. The summed E-state index contributed by atoms with van der Waals surface area (Å²) >= 11 is 0. The van der Waals surface area contributed by atoms with Crippen LogP contribution in [0.2, 0.25) is 0 Å². The van der Waals surface area contributed by atoms with Crippen LogP contribution in [0.5, 0.6) is 0 Å². The fourth-order valence-electron chi connectivity index (χ4n) is 3.39. The molecule has 2 nitrogen and oxygen atoms in total. The summed E-state index contributed by atoms with van der Waals surface area (Å²) in [6.07, 6.45) is 0. The molecule has 28 heavy (non-hydrogen) atoms. The van der Waals surface area contributed by atoms with E-state index in [1.165, 1.54) is 22.3 Å². The quantitative estimate of drug-likeness (QED) is 0.500. The Morgan fingerprint density at radius 2 is 1.50 bits per heavy atom. The minimum absolute atomic E-state index is 0.0939. The number of carbonyl (C=O) groups excluding carboxylic acids is 1. The van der Waals surface area contributed by atoms with Crippen molar-refractivity contribution in [1.82, 2.24) is 4.90 Å². The van der Waals surface area contributed by atoms with Crippen molar-refractivity contribution in [2.45, 2.75) is 34.2 Å². The lowest BCUT2D eigenvalue weighted by Crippen LogP contribution is -2.33. The van der Waals surface area contributed by atoms with Crippen molar-refractivity contribution in [3.63, 3.8) is 0 Å². The predicted octanol–water partition coefficient (Wildman–Crippen LogP) is 6.27. The van der Waals surface area contributed by atoms with Crippen LogP contribution in [0.4, 0.5) is 0 Å². The molecule has 0 aliphatic heterocycles. The lowest BCUT2D eigenvalue weighted by molar-refractivity contribution is 0.0722. The molecule has 0 aliphatic rings. The minimum atomic E-state index is 0.0939. The van der Waals surface area contributed by atoms with Gasteiger partial charge in [0.05, 0.1) is 0 Å². The second kappa shape index (κ2) is 8.88. The molecule has 0 saturated carbocycles. The molecular formula is C26H29NO. The SMILES string of the molecule is Cc1ccc(C(=O)N(Cc2ccc(-c3cccc(C)c3)cc2)CC(C)C)cc1. The monoisotopic (exact) mass is 371 g/mol. The number of hydrogen-bond donors (Lipinski definition) is 0. The topological polar surface area (TPSA) is 20.3 Å².